The first-order chi connectivity index (χ1) is 28.4. The van der Waals surface area contributed by atoms with Crippen LogP contribution in [0.1, 0.15) is 119 Å². The average molecular weight is 873 g/mol. The lowest BCUT2D eigenvalue weighted by atomic mass is 9.79. The summed E-state index contributed by atoms with van der Waals surface area (Å²) in [6.07, 6.45) is 8.37. The van der Waals surface area contributed by atoms with Crippen molar-refractivity contribution in [1.29, 1.82) is 0 Å². The molecular weight excluding hydrogens is 805 g/mol. The van der Waals surface area contributed by atoms with E-state index in [2.05, 4.69) is 31.6 Å². The van der Waals surface area contributed by atoms with Crippen molar-refractivity contribution < 1.29 is 29.4 Å². The molecule has 2 aliphatic heterocycles. The van der Waals surface area contributed by atoms with E-state index >= 15 is 0 Å². The van der Waals surface area contributed by atoms with Gasteiger partial charge in [-0.1, -0.05) is 91.2 Å². The summed E-state index contributed by atoms with van der Waals surface area (Å²) < 4.78 is 0. The molecule has 59 heavy (non-hydrogen) atoms. The minimum atomic E-state index is -1.49. The van der Waals surface area contributed by atoms with Crippen LogP contribution in [0, 0.1) is 30.6 Å². The quantitative estimate of drug-likeness (QED) is 0.0388. The van der Waals surface area contributed by atoms with Gasteiger partial charge in [-0.05, 0) is 61.8 Å². The summed E-state index contributed by atoms with van der Waals surface area (Å²) in [5, 5.41) is 39.5. The summed E-state index contributed by atoms with van der Waals surface area (Å²) in [5.74, 6) is -0.578. The van der Waals surface area contributed by atoms with E-state index in [0.29, 0.717) is 36.6 Å². The molecule has 2 unspecified atom stereocenters. The van der Waals surface area contributed by atoms with Crippen molar-refractivity contribution >= 4 is 58.6 Å². The fraction of sp³-hybridized carbons (Fsp3) is 0.705. The molecule has 12 nitrogen and oxygen atoms in total. The summed E-state index contributed by atoms with van der Waals surface area (Å²) >= 11 is 5.13. The number of benzene rings is 1. The van der Waals surface area contributed by atoms with Crippen LogP contribution in [-0.4, -0.2) is 98.6 Å². The smallest absolute Gasteiger partial charge is 0.315 e. The minimum Gasteiger partial charge on any atom is -0.390 e. The molecule has 7 N–H and O–H groups in total. The highest BCUT2D eigenvalue weighted by Gasteiger charge is 2.43. The Balaban J connectivity index is 1.20. The van der Waals surface area contributed by atoms with E-state index in [1.54, 1.807) is 34.7 Å². The zero-order chi connectivity index (χ0) is 42.5. The molecule has 3 aliphatic rings. The van der Waals surface area contributed by atoms with Gasteiger partial charge in [0.15, 0.2) is 0 Å². The van der Waals surface area contributed by atoms with Crippen LogP contribution in [0.25, 0.3) is 0 Å². The van der Waals surface area contributed by atoms with E-state index < -0.39 is 36.1 Å². The summed E-state index contributed by atoms with van der Waals surface area (Å²) in [7, 11) is 0. The third-order valence-corrected chi connectivity index (χ3v) is 16.2. The first kappa shape index (κ1) is 47.2. The van der Waals surface area contributed by atoms with E-state index in [1.807, 2.05) is 64.6 Å². The summed E-state index contributed by atoms with van der Waals surface area (Å²) in [5.41, 5.74) is 3.26. The topological polar surface area (TPSA) is 182 Å². The third kappa shape index (κ3) is 13.3. The Morgan fingerprint density at radius 2 is 1.75 bits per heavy atom. The van der Waals surface area contributed by atoms with E-state index in [-0.39, 0.29) is 47.7 Å². The number of thiazole rings is 1. The van der Waals surface area contributed by atoms with Crippen molar-refractivity contribution in [2.24, 2.45) is 23.7 Å². The molecule has 0 radical (unpaired) electrons. The second-order valence-corrected chi connectivity index (χ2v) is 20.5. The molecule has 1 aliphatic carbocycles. The molecule has 1 aromatic heterocycles. The van der Waals surface area contributed by atoms with Gasteiger partial charge in [-0.15, -0.1) is 23.1 Å². The van der Waals surface area contributed by atoms with Crippen molar-refractivity contribution in [2.45, 2.75) is 158 Å². The number of thioether (sulfide) groups is 2. The molecule has 15 heteroatoms. The number of carbonyl (C=O) groups excluding carboxylic acids is 4. The summed E-state index contributed by atoms with van der Waals surface area (Å²) in [6.45, 7) is 9.89. The number of nitrogens with one attached hydrogen (secondary N) is 5. The number of carbonyl (C=O) groups is 4. The number of aryl methyl sites for hydroxylation is 1. The molecule has 5 amide bonds. The lowest BCUT2D eigenvalue weighted by Gasteiger charge is -2.36. The Hall–Kier alpha value is -2.85. The minimum absolute atomic E-state index is 0.0551. The molecule has 1 aromatic carbocycles. The van der Waals surface area contributed by atoms with Gasteiger partial charge >= 0.3 is 6.03 Å². The molecule has 5 rings (SSSR count). The maximum atomic E-state index is 14.1. The Morgan fingerprint density at radius 1 is 0.983 bits per heavy atom. The molecule has 328 valence electrons. The fourth-order valence-corrected chi connectivity index (χ4v) is 12.2. The average Bonchev–Trinajstić information content (AvgIpc) is 3.92. The number of unbranched alkanes of at least 4 members (excludes halogenated alkanes) is 2. The number of aliphatic hydroxyl groups is 2. The predicted molar refractivity (Wildman–Crippen MR) is 239 cm³/mol. The van der Waals surface area contributed by atoms with Crippen LogP contribution in [0.3, 0.4) is 0 Å². The molecule has 3 fully saturated rings. The number of rotatable bonds is 23. The standard InChI is InChI=1S/C44H68N6O6S3/c1-6-27(4)37(43(55)45-21-20-33-28(5)46-25-59-33)49-42(54)36(26(2)3)40(52)39(51)31(23-29-15-9-7-10-16-29)47-41(53)30-17-12-13-18-34(30)57-22-14-8-11-19-35-38-32(24-58-35)48-44(56)50-38/h12-13,17-18,25-27,29,31-32,35-40,51-52H,6-11,14-16,19-24H2,1-5H3,(H,45,55)(H,47,53)(H,49,54)(H2,48,50,56)/t27-,31+,32?,35+,36-,37+,38?,39-,40-/m1/s1. The van der Waals surface area contributed by atoms with Crippen molar-refractivity contribution in [1.82, 2.24) is 31.6 Å². The Morgan fingerprint density at radius 3 is 2.46 bits per heavy atom. The largest absolute Gasteiger partial charge is 0.390 e. The highest BCUT2D eigenvalue weighted by Crippen LogP contribution is 2.34. The molecule has 2 aromatic rings. The number of aromatic nitrogens is 1. The SMILES string of the molecule is CC[C@@H](C)[C@H](NC(=O)[C@H](C(C)C)[C@@H](O)[C@H](O)[C@H](CC1CCCCC1)NC(=O)c1ccccc1SCCCCC[C@@H]1SCC2NC(=O)NC21)C(=O)NCCc1scnc1C. The van der Waals surface area contributed by atoms with Gasteiger partial charge in [0.05, 0.1) is 46.9 Å². The molecular formula is C44H68N6O6S3. The predicted octanol–water partition coefficient (Wildman–Crippen LogP) is 6.22. The van der Waals surface area contributed by atoms with Gasteiger partial charge in [-0.2, -0.15) is 11.8 Å². The van der Waals surface area contributed by atoms with E-state index in [4.69, 9.17) is 0 Å². The van der Waals surface area contributed by atoms with Gasteiger partial charge in [-0.3, -0.25) is 14.4 Å². The van der Waals surface area contributed by atoms with Gasteiger partial charge in [0.25, 0.3) is 5.91 Å². The van der Waals surface area contributed by atoms with E-state index in [1.165, 1.54) is 0 Å². The first-order valence-electron chi connectivity index (χ1n) is 21.9. The fourth-order valence-electron chi connectivity index (χ4n) is 8.77. The van der Waals surface area contributed by atoms with Crippen molar-refractivity contribution in [3.05, 3.63) is 45.9 Å². The molecule has 0 spiro atoms. The van der Waals surface area contributed by atoms with E-state index in [9.17, 15) is 29.4 Å². The Kier molecular flexibility index (Phi) is 18.7. The van der Waals surface area contributed by atoms with Gasteiger partial charge in [0.1, 0.15) is 12.1 Å². The summed E-state index contributed by atoms with van der Waals surface area (Å²) in [6, 6.07) is 6.32. The van der Waals surface area contributed by atoms with Crippen molar-refractivity contribution in [2.75, 3.05) is 18.1 Å². The summed E-state index contributed by atoms with van der Waals surface area (Å²) in [4.78, 5) is 59.7. The molecule has 0 bridgehead atoms. The molecule has 1 saturated carbocycles. The van der Waals surface area contributed by atoms with Crippen molar-refractivity contribution in [3.63, 3.8) is 0 Å². The number of urea groups is 1. The first-order valence-corrected chi connectivity index (χ1v) is 24.8. The number of fused-ring (bicyclic) bond motifs is 1. The molecule has 9 atom stereocenters. The highest BCUT2D eigenvalue weighted by atomic mass is 32.2. The number of amides is 5. The van der Waals surface area contributed by atoms with Crippen LogP contribution < -0.4 is 26.6 Å². The highest BCUT2D eigenvalue weighted by molar-refractivity contribution is 8.00. The number of hydrogen-bond donors (Lipinski definition) is 7. The third-order valence-electron chi connectivity index (χ3n) is 12.5. The van der Waals surface area contributed by atoms with Crippen LogP contribution in [0.2, 0.25) is 0 Å². The van der Waals surface area contributed by atoms with Crippen LogP contribution in [-0.2, 0) is 16.0 Å². The maximum Gasteiger partial charge on any atom is 0.315 e. The second kappa shape index (κ2) is 23.4. The molecule has 2 saturated heterocycles. The number of nitrogens with zero attached hydrogens (tertiary/aromatic N) is 1. The van der Waals surface area contributed by atoms with Crippen LogP contribution in [0.15, 0.2) is 34.7 Å². The number of hydrogen-bond acceptors (Lipinski definition) is 10. The van der Waals surface area contributed by atoms with Gasteiger partial charge < -0.3 is 36.8 Å². The zero-order valence-corrected chi connectivity index (χ0v) is 38.0. The van der Waals surface area contributed by atoms with Gasteiger partial charge in [0.2, 0.25) is 11.8 Å². The normalized spacial score (nSPS) is 22.4. The van der Waals surface area contributed by atoms with Gasteiger partial charge in [-0.25, -0.2) is 9.78 Å². The van der Waals surface area contributed by atoms with Crippen molar-refractivity contribution in [3.8, 4) is 0 Å². The lowest BCUT2D eigenvalue weighted by Crippen LogP contribution is -2.57. The van der Waals surface area contributed by atoms with Crippen LogP contribution in [0.5, 0.6) is 0 Å². The Bertz CT molecular complexity index is 1670. The van der Waals surface area contributed by atoms with Crippen LogP contribution in [0.4, 0.5) is 4.79 Å². The van der Waals surface area contributed by atoms with E-state index in [0.717, 1.165) is 84.8 Å². The van der Waals surface area contributed by atoms with Crippen LogP contribution >= 0.6 is 34.9 Å². The maximum absolute atomic E-state index is 14.1. The van der Waals surface area contributed by atoms with Gasteiger partial charge in [0, 0.05) is 33.7 Å². The Labute approximate surface area is 363 Å². The zero-order valence-electron chi connectivity index (χ0n) is 35.5. The second-order valence-electron chi connectivity index (χ2n) is 17.2. The monoisotopic (exact) mass is 872 g/mol. The number of aliphatic hydroxyl groups excluding tert-OH is 2. The molecule has 3 heterocycles. The lowest BCUT2D eigenvalue weighted by molar-refractivity contribution is -0.140.